The van der Waals surface area contributed by atoms with Crippen LogP contribution >= 0.6 is 0 Å². The molecule has 1 heterocycles. The van der Waals surface area contributed by atoms with Gasteiger partial charge in [0.25, 0.3) is 0 Å². The Balaban J connectivity index is 1.31. The fourth-order valence-corrected chi connectivity index (χ4v) is 5.83. The number of benzene rings is 2. The van der Waals surface area contributed by atoms with Crippen molar-refractivity contribution in [2.75, 3.05) is 5.32 Å². The number of nitrogens with two attached hydrogens (primary N) is 1. The summed E-state index contributed by atoms with van der Waals surface area (Å²) < 4.78 is 0. The second-order valence-electron chi connectivity index (χ2n) is 8.93. The molecule has 154 valence electrons. The number of hydrogen-bond donors (Lipinski definition) is 2. The van der Waals surface area contributed by atoms with Gasteiger partial charge in [0.15, 0.2) is 0 Å². The van der Waals surface area contributed by atoms with E-state index in [4.69, 9.17) is 5.73 Å². The molecule has 2 aliphatic rings. The van der Waals surface area contributed by atoms with E-state index in [1.807, 2.05) is 18.2 Å². The minimum absolute atomic E-state index is 0.319. The molecule has 0 radical (unpaired) electrons. The molecule has 5 rings (SSSR count). The molecule has 3 atom stereocenters. The highest BCUT2D eigenvalue weighted by Crippen LogP contribution is 2.64. The number of rotatable bonds is 6. The van der Waals surface area contributed by atoms with Crippen LogP contribution in [0.1, 0.15) is 53.6 Å². The van der Waals surface area contributed by atoms with E-state index in [1.165, 1.54) is 5.56 Å². The summed E-state index contributed by atoms with van der Waals surface area (Å²) in [5.41, 5.74) is 9.66. The largest absolute Gasteiger partial charge is 0.367 e. The maximum atomic E-state index is 11.9. The van der Waals surface area contributed by atoms with E-state index in [1.54, 1.807) is 6.33 Å². The zero-order chi connectivity index (χ0) is 20.8. The third-order valence-electron chi connectivity index (χ3n) is 7.17. The number of hydrogen-bond acceptors (Lipinski definition) is 4. The van der Waals surface area contributed by atoms with Crippen LogP contribution in [0, 0.1) is 24.7 Å². The third kappa shape index (κ3) is 3.22. The van der Waals surface area contributed by atoms with Crippen molar-refractivity contribution in [3.05, 3.63) is 65.5 Å². The molecular weight excluding hydrogens is 372 g/mol. The number of carbonyl (C=O) groups excluding carboxylic acids is 1. The molecule has 2 fully saturated rings. The van der Waals surface area contributed by atoms with Crippen LogP contribution in [0.15, 0.2) is 48.8 Å². The lowest BCUT2D eigenvalue weighted by Gasteiger charge is -2.23. The lowest BCUT2D eigenvalue weighted by atomic mass is 9.84. The number of carbonyl (C=O) groups is 1. The van der Waals surface area contributed by atoms with Crippen molar-refractivity contribution in [1.29, 1.82) is 0 Å². The van der Waals surface area contributed by atoms with Gasteiger partial charge in [-0.1, -0.05) is 36.8 Å². The molecule has 1 aromatic heterocycles. The summed E-state index contributed by atoms with van der Waals surface area (Å²) in [6, 6.07) is 14.6. The van der Waals surface area contributed by atoms with E-state index >= 15 is 0 Å². The first-order chi connectivity index (χ1) is 14.6. The van der Waals surface area contributed by atoms with Gasteiger partial charge in [-0.3, -0.25) is 4.79 Å². The molecule has 5 nitrogen and oxygen atoms in total. The van der Waals surface area contributed by atoms with Crippen molar-refractivity contribution < 1.29 is 4.79 Å². The molecule has 0 bridgehead atoms. The molecule has 0 saturated heterocycles. The van der Waals surface area contributed by atoms with Gasteiger partial charge in [0.2, 0.25) is 5.91 Å². The van der Waals surface area contributed by atoms with Crippen molar-refractivity contribution in [3.8, 4) is 0 Å². The van der Waals surface area contributed by atoms with Crippen molar-refractivity contribution in [1.82, 2.24) is 9.97 Å². The lowest BCUT2D eigenvalue weighted by molar-refractivity contribution is 0.0998. The molecule has 2 aliphatic carbocycles. The zero-order valence-electron chi connectivity index (χ0n) is 17.5. The fraction of sp³-hybridized carbons (Fsp3) is 0.400. The molecule has 1 amide bonds. The molecule has 0 unspecified atom stereocenters. The molecule has 3 aromatic rings. The Morgan fingerprint density at radius 3 is 2.67 bits per heavy atom. The van der Waals surface area contributed by atoms with Crippen LogP contribution in [0.25, 0.3) is 10.9 Å². The zero-order valence-corrected chi connectivity index (χ0v) is 17.5. The van der Waals surface area contributed by atoms with E-state index in [0.717, 1.165) is 41.5 Å². The molecule has 3 N–H and O–H groups in total. The van der Waals surface area contributed by atoms with Gasteiger partial charge in [-0.2, -0.15) is 0 Å². The average molecular weight is 401 g/mol. The number of aryl methyl sites for hydroxylation is 1. The normalized spacial score (nSPS) is 23.9. The second kappa shape index (κ2) is 7.38. The lowest BCUT2D eigenvalue weighted by Crippen LogP contribution is -2.22. The minimum atomic E-state index is -0.319. The highest BCUT2D eigenvalue weighted by molar-refractivity contribution is 5.94. The van der Waals surface area contributed by atoms with Crippen LogP contribution in [0.3, 0.4) is 0 Å². The Morgan fingerprint density at radius 2 is 1.93 bits per heavy atom. The third-order valence-corrected chi connectivity index (χ3v) is 7.17. The van der Waals surface area contributed by atoms with Gasteiger partial charge in [-0.25, -0.2) is 9.97 Å². The van der Waals surface area contributed by atoms with Gasteiger partial charge in [0, 0.05) is 17.0 Å². The van der Waals surface area contributed by atoms with E-state index in [0.29, 0.717) is 35.3 Å². The molecule has 5 heteroatoms. The average Bonchev–Trinajstić information content (AvgIpc) is 3.22. The fourth-order valence-electron chi connectivity index (χ4n) is 5.83. The number of nitrogens with one attached hydrogen (secondary N) is 1. The molecule has 30 heavy (non-hydrogen) atoms. The summed E-state index contributed by atoms with van der Waals surface area (Å²) in [7, 11) is 0. The first-order valence-electron chi connectivity index (χ1n) is 10.9. The van der Waals surface area contributed by atoms with Crippen LogP contribution in [0.5, 0.6) is 0 Å². The predicted molar refractivity (Wildman–Crippen MR) is 119 cm³/mol. The number of aromatic nitrogens is 2. The monoisotopic (exact) mass is 400 g/mol. The van der Waals surface area contributed by atoms with E-state index in [2.05, 4.69) is 53.4 Å². The summed E-state index contributed by atoms with van der Waals surface area (Å²) in [6.45, 7) is 4.32. The standard InChI is InChI=1S/C25H28N4O/c1-3-16(17-6-4-5-7-18(17)24(26)30)23-19-11-15(12-20(19)23)29-25-21-10-14(2)8-9-22(21)27-13-28-25/h4-10,13,15-16,19-20,23H,3,11-12H2,1-2H3,(H2,26,30)(H,27,28,29)/t15?,16-,19+,20+,23?/m0/s1. The minimum Gasteiger partial charge on any atom is -0.367 e. The van der Waals surface area contributed by atoms with Crippen LogP contribution in [0.2, 0.25) is 0 Å². The first kappa shape index (κ1) is 19.0. The van der Waals surface area contributed by atoms with Crippen molar-refractivity contribution in [2.45, 2.75) is 45.1 Å². The van der Waals surface area contributed by atoms with Gasteiger partial charge < -0.3 is 11.1 Å². The number of nitrogens with zero attached hydrogens (tertiary/aromatic N) is 2. The first-order valence-corrected chi connectivity index (χ1v) is 10.9. The molecular formula is C25H28N4O. The van der Waals surface area contributed by atoms with E-state index < -0.39 is 0 Å². The Bertz CT molecular complexity index is 1100. The summed E-state index contributed by atoms with van der Waals surface area (Å²) in [5, 5.41) is 4.79. The maximum absolute atomic E-state index is 11.9. The number of amides is 1. The van der Waals surface area contributed by atoms with Crippen LogP contribution in [-0.2, 0) is 0 Å². The predicted octanol–water partition coefficient (Wildman–Crippen LogP) is 4.67. The van der Waals surface area contributed by atoms with Gasteiger partial charge in [-0.15, -0.1) is 0 Å². The molecule has 2 saturated carbocycles. The summed E-state index contributed by atoms with van der Waals surface area (Å²) in [6.07, 6.45) is 4.99. The maximum Gasteiger partial charge on any atom is 0.248 e. The highest BCUT2D eigenvalue weighted by atomic mass is 16.1. The van der Waals surface area contributed by atoms with Gasteiger partial charge in [-0.05, 0) is 73.6 Å². The van der Waals surface area contributed by atoms with Crippen LogP contribution < -0.4 is 11.1 Å². The van der Waals surface area contributed by atoms with E-state index in [9.17, 15) is 4.79 Å². The summed E-state index contributed by atoms with van der Waals surface area (Å²) >= 11 is 0. The highest BCUT2D eigenvalue weighted by Gasteiger charge is 2.58. The van der Waals surface area contributed by atoms with Gasteiger partial charge in [0.1, 0.15) is 12.1 Å². The smallest absolute Gasteiger partial charge is 0.248 e. The van der Waals surface area contributed by atoms with Crippen molar-refractivity contribution in [2.24, 2.45) is 23.5 Å². The summed E-state index contributed by atoms with van der Waals surface area (Å²) in [5.74, 6) is 3.11. The molecule has 2 aromatic carbocycles. The van der Waals surface area contributed by atoms with Gasteiger partial charge in [0.05, 0.1) is 5.52 Å². The van der Waals surface area contributed by atoms with Crippen molar-refractivity contribution >= 4 is 22.6 Å². The molecule has 0 spiro atoms. The van der Waals surface area contributed by atoms with Gasteiger partial charge >= 0.3 is 0 Å². The van der Waals surface area contributed by atoms with Crippen LogP contribution in [-0.4, -0.2) is 21.9 Å². The Hall–Kier alpha value is -2.95. The van der Waals surface area contributed by atoms with E-state index in [-0.39, 0.29) is 5.91 Å². The van der Waals surface area contributed by atoms with Crippen LogP contribution in [0.4, 0.5) is 5.82 Å². The Labute approximate surface area is 177 Å². The number of primary amides is 1. The molecule has 0 aliphatic heterocycles. The Kier molecular flexibility index (Phi) is 4.69. The second-order valence-corrected chi connectivity index (χ2v) is 8.93. The number of fused-ring (bicyclic) bond motifs is 2. The quantitative estimate of drug-likeness (QED) is 0.630. The topological polar surface area (TPSA) is 80.9 Å². The summed E-state index contributed by atoms with van der Waals surface area (Å²) in [4.78, 5) is 20.8. The SMILES string of the molecule is CC[C@@H](c1ccccc1C(N)=O)C1[C@@H]2CC(Nc3ncnc4ccc(C)cc34)C[C@@H]12. The van der Waals surface area contributed by atoms with Crippen molar-refractivity contribution in [3.63, 3.8) is 0 Å². The number of anilines is 1. The Morgan fingerprint density at radius 1 is 1.17 bits per heavy atom.